The Morgan fingerprint density at radius 1 is 0.490 bits per heavy atom. The van der Waals surface area contributed by atoms with Crippen molar-refractivity contribution >= 4 is 54.9 Å². The number of aliphatic imine (C=N–C) groups is 1. The van der Waals surface area contributed by atoms with Crippen molar-refractivity contribution < 1.29 is 0 Å². The predicted molar refractivity (Wildman–Crippen MR) is 210 cm³/mol. The molecule has 0 unspecified atom stereocenters. The van der Waals surface area contributed by atoms with Crippen LogP contribution < -0.4 is 4.90 Å². The highest BCUT2D eigenvalue weighted by Gasteiger charge is 2.48. The van der Waals surface area contributed by atoms with Gasteiger partial charge in [-0.2, -0.15) is 0 Å². The number of amidine groups is 1. The summed E-state index contributed by atoms with van der Waals surface area (Å²) in [6.07, 6.45) is 0. The maximum absolute atomic E-state index is 5.08. The first-order chi connectivity index (χ1) is 23.7. The summed E-state index contributed by atoms with van der Waals surface area (Å²) in [7, 11) is 0. The second-order valence-electron chi connectivity index (χ2n) is 14.5. The highest BCUT2D eigenvalue weighted by molar-refractivity contribution is 6.24. The molecule has 0 atom stereocenters. The molecule has 49 heavy (non-hydrogen) atoms. The van der Waals surface area contributed by atoms with E-state index in [1.807, 2.05) is 0 Å². The SMILES string of the molecule is CC1=NC(C)(C)C(C)(C)N1c1cccc(-c2cc3c(c4ccccc24)c2ccc(-c4ccc5ccccc5c4)cc2n3-c2ccccc2)c1. The summed E-state index contributed by atoms with van der Waals surface area (Å²) in [5, 5.41) is 7.57. The van der Waals surface area contributed by atoms with Crippen LogP contribution in [-0.2, 0) is 0 Å². The summed E-state index contributed by atoms with van der Waals surface area (Å²) in [6.45, 7) is 11.2. The quantitative estimate of drug-likeness (QED) is 0.189. The fourth-order valence-corrected chi connectivity index (χ4v) is 8.11. The van der Waals surface area contributed by atoms with Crippen molar-refractivity contribution in [2.24, 2.45) is 4.99 Å². The number of hydrogen-bond acceptors (Lipinski definition) is 2. The van der Waals surface area contributed by atoms with Gasteiger partial charge in [0.2, 0.25) is 0 Å². The third-order valence-corrected chi connectivity index (χ3v) is 11.1. The van der Waals surface area contributed by atoms with Crippen molar-refractivity contribution in [1.29, 1.82) is 0 Å². The summed E-state index contributed by atoms with van der Waals surface area (Å²) in [5.74, 6) is 1.05. The lowest BCUT2D eigenvalue weighted by molar-refractivity contribution is 0.338. The van der Waals surface area contributed by atoms with Gasteiger partial charge >= 0.3 is 0 Å². The number of hydrogen-bond donors (Lipinski definition) is 0. The molecule has 1 aliphatic rings. The molecule has 0 N–H and O–H groups in total. The number of anilines is 1. The molecule has 2 heterocycles. The highest BCUT2D eigenvalue weighted by Crippen LogP contribution is 2.45. The zero-order chi connectivity index (χ0) is 33.5. The molecule has 1 aromatic heterocycles. The normalized spacial score (nSPS) is 15.4. The lowest BCUT2D eigenvalue weighted by atomic mass is 9.83. The lowest BCUT2D eigenvalue weighted by Crippen LogP contribution is -2.53. The fraction of sp³-hybridized carbons (Fsp3) is 0.152. The van der Waals surface area contributed by atoms with Crippen molar-refractivity contribution in [1.82, 2.24) is 4.57 Å². The van der Waals surface area contributed by atoms with Crippen LogP contribution in [-0.4, -0.2) is 21.5 Å². The molecular formula is C46H39N3. The van der Waals surface area contributed by atoms with Gasteiger partial charge in [-0.15, -0.1) is 0 Å². The minimum Gasteiger partial charge on any atom is -0.322 e. The predicted octanol–water partition coefficient (Wildman–Crippen LogP) is 12.2. The van der Waals surface area contributed by atoms with Crippen molar-refractivity contribution in [3.05, 3.63) is 146 Å². The van der Waals surface area contributed by atoms with Crippen molar-refractivity contribution in [2.75, 3.05) is 4.90 Å². The third kappa shape index (κ3) is 4.45. The van der Waals surface area contributed by atoms with Crippen LogP contribution in [0.3, 0.4) is 0 Å². The Balaban J connectivity index is 1.31. The molecule has 0 saturated carbocycles. The lowest BCUT2D eigenvalue weighted by Gasteiger charge is -2.41. The van der Waals surface area contributed by atoms with Gasteiger partial charge in [0.15, 0.2) is 0 Å². The van der Waals surface area contributed by atoms with Gasteiger partial charge < -0.3 is 9.47 Å². The summed E-state index contributed by atoms with van der Waals surface area (Å²) in [6, 6.07) is 53.5. The first-order valence-electron chi connectivity index (χ1n) is 17.2. The Kier molecular flexibility index (Phi) is 6.42. The van der Waals surface area contributed by atoms with Crippen LogP contribution in [0.5, 0.6) is 0 Å². The average molecular weight is 634 g/mol. The van der Waals surface area contributed by atoms with E-state index in [0.717, 1.165) is 11.5 Å². The minimum absolute atomic E-state index is 0.162. The molecule has 0 bridgehead atoms. The summed E-state index contributed by atoms with van der Waals surface area (Å²) < 4.78 is 2.46. The van der Waals surface area contributed by atoms with Crippen LogP contribution in [0.1, 0.15) is 34.6 Å². The summed E-state index contributed by atoms with van der Waals surface area (Å²) >= 11 is 0. The van der Waals surface area contributed by atoms with E-state index in [1.54, 1.807) is 0 Å². The van der Waals surface area contributed by atoms with Gasteiger partial charge in [-0.3, -0.25) is 4.99 Å². The molecule has 0 aliphatic carbocycles. The Morgan fingerprint density at radius 3 is 1.94 bits per heavy atom. The van der Waals surface area contributed by atoms with Gasteiger partial charge in [0, 0.05) is 22.1 Å². The number of nitrogens with zero attached hydrogens (tertiary/aromatic N) is 3. The van der Waals surface area contributed by atoms with Crippen molar-refractivity contribution in [3.8, 4) is 27.9 Å². The molecule has 0 saturated heterocycles. The second kappa shape index (κ2) is 10.7. The number of aromatic nitrogens is 1. The number of rotatable bonds is 4. The summed E-state index contributed by atoms with van der Waals surface area (Å²) in [4.78, 5) is 7.49. The molecule has 1 aliphatic heterocycles. The van der Waals surface area contributed by atoms with Gasteiger partial charge in [-0.25, -0.2) is 0 Å². The number of para-hydroxylation sites is 1. The molecule has 7 aromatic carbocycles. The molecule has 0 amide bonds. The van der Waals surface area contributed by atoms with E-state index in [0.29, 0.717) is 0 Å². The van der Waals surface area contributed by atoms with E-state index < -0.39 is 0 Å². The second-order valence-corrected chi connectivity index (χ2v) is 14.5. The number of fused-ring (bicyclic) bond motifs is 6. The van der Waals surface area contributed by atoms with Crippen LogP contribution in [0.2, 0.25) is 0 Å². The molecule has 9 rings (SSSR count). The van der Waals surface area contributed by atoms with Gasteiger partial charge in [-0.1, -0.05) is 103 Å². The molecule has 3 heteroatoms. The number of benzene rings is 7. The molecule has 0 fully saturated rings. The Bertz CT molecular complexity index is 2620. The van der Waals surface area contributed by atoms with Gasteiger partial charge in [0.05, 0.1) is 22.1 Å². The molecule has 0 spiro atoms. The van der Waals surface area contributed by atoms with E-state index in [4.69, 9.17) is 4.99 Å². The zero-order valence-electron chi connectivity index (χ0n) is 28.7. The molecule has 3 nitrogen and oxygen atoms in total. The first kappa shape index (κ1) is 29.5. The summed E-state index contributed by atoms with van der Waals surface area (Å²) in [5.41, 5.74) is 9.24. The average Bonchev–Trinajstić information content (AvgIpc) is 3.53. The fourth-order valence-electron chi connectivity index (χ4n) is 8.11. The van der Waals surface area contributed by atoms with E-state index in [1.165, 1.54) is 71.3 Å². The van der Waals surface area contributed by atoms with E-state index in [-0.39, 0.29) is 11.1 Å². The third-order valence-electron chi connectivity index (χ3n) is 11.1. The molecule has 238 valence electrons. The van der Waals surface area contributed by atoms with Gasteiger partial charge in [0.25, 0.3) is 0 Å². The Morgan fingerprint density at radius 2 is 1.16 bits per heavy atom. The standard InChI is InChI=1S/C46H39N3/c1-30-47-45(2,3)46(4,5)49(30)37-19-13-16-35(27-37)41-29-43-44(39-21-12-11-20-38(39)41)40-25-24-34(28-42(40)48(43)36-17-7-6-8-18-36)33-23-22-31-14-9-10-15-32(31)26-33/h6-29H,1-5H3. The van der Waals surface area contributed by atoms with Crippen molar-refractivity contribution in [2.45, 2.75) is 45.7 Å². The van der Waals surface area contributed by atoms with Crippen LogP contribution in [0.4, 0.5) is 5.69 Å². The van der Waals surface area contributed by atoms with E-state index >= 15 is 0 Å². The van der Waals surface area contributed by atoms with Crippen molar-refractivity contribution in [3.63, 3.8) is 0 Å². The van der Waals surface area contributed by atoms with Gasteiger partial charge in [-0.05, 0) is 121 Å². The first-order valence-corrected chi connectivity index (χ1v) is 17.2. The van der Waals surface area contributed by atoms with E-state index in [2.05, 4.69) is 190 Å². The van der Waals surface area contributed by atoms with Crippen LogP contribution in [0, 0.1) is 0 Å². The Labute approximate surface area is 287 Å². The maximum Gasteiger partial charge on any atom is 0.102 e. The highest BCUT2D eigenvalue weighted by atomic mass is 15.3. The van der Waals surface area contributed by atoms with Crippen LogP contribution in [0.15, 0.2) is 151 Å². The van der Waals surface area contributed by atoms with E-state index in [9.17, 15) is 0 Å². The van der Waals surface area contributed by atoms with Crippen LogP contribution >= 0.6 is 0 Å². The zero-order valence-corrected chi connectivity index (χ0v) is 28.7. The topological polar surface area (TPSA) is 20.5 Å². The maximum atomic E-state index is 5.08. The monoisotopic (exact) mass is 633 g/mol. The molecule has 0 radical (unpaired) electrons. The smallest absolute Gasteiger partial charge is 0.102 e. The molecular weight excluding hydrogens is 595 g/mol. The largest absolute Gasteiger partial charge is 0.322 e. The Hall–Kier alpha value is -5.67. The minimum atomic E-state index is -0.193. The molecule has 8 aromatic rings. The van der Waals surface area contributed by atoms with Crippen LogP contribution in [0.25, 0.3) is 71.3 Å². The van der Waals surface area contributed by atoms with Gasteiger partial charge in [0.1, 0.15) is 5.84 Å².